The highest BCUT2D eigenvalue weighted by Crippen LogP contribution is 2.25. The van der Waals surface area contributed by atoms with Gasteiger partial charge in [-0.15, -0.1) is 0 Å². The van der Waals surface area contributed by atoms with Gasteiger partial charge < -0.3 is 4.52 Å². The topological polar surface area (TPSA) is 38.9 Å². The SMILES string of the molecule is Cc1cc(-c2cccnc2Cl)on1. The van der Waals surface area contributed by atoms with Gasteiger partial charge in [-0.05, 0) is 19.1 Å². The molecule has 0 bridgehead atoms. The fraction of sp³-hybridized carbons (Fsp3) is 0.111. The van der Waals surface area contributed by atoms with Crippen LogP contribution in [-0.4, -0.2) is 10.1 Å². The molecular formula is C9H7ClN2O. The van der Waals surface area contributed by atoms with Crippen molar-refractivity contribution >= 4 is 11.6 Å². The molecule has 0 unspecified atom stereocenters. The Balaban J connectivity index is 2.52. The van der Waals surface area contributed by atoms with E-state index in [0.717, 1.165) is 11.3 Å². The summed E-state index contributed by atoms with van der Waals surface area (Å²) in [5.41, 5.74) is 1.60. The maximum atomic E-state index is 5.87. The standard InChI is InChI=1S/C9H7ClN2O/c1-6-5-8(13-12-6)7-3-2-4-11-9(7)10/h2-5H,1H3. The van der Waals surface area contributed by atoms with E-state index in [1.54, 1.807) is 12.3 Å². The Morgan fingerprint density at radius 2 is 2.31 bits per heavy atom. The summed E-state index contributed by atoms with van der Waals surface area (Å²) in [5.74, 6) is 0.649. The van der Waals surface area contributed by atoms with Crippen LogP contribution in [0.25, 0.3) is 11.3 Å². The second-order valence-corrected chi connectivity index (χ2v) is 3.03. The van der Waals surface area contributed by atoms with E-state index in [1.807, 2.05) is 19.1 Å². The molecule has 2 aromatic rings. The van der Waals surface area contributed by atoms with E-state index in [-0.39, 0.29) is 0 Å². The highest BCUT2D eigenvalue weighted by atomic mass is 35.5. The number of rotatable bonds is 1. The molecule has 0 aliphatic carbocycles. The molecule has 0 saturated carbocycles. The van der Waals surface area contributed by atoms with Gasteiger partial charge in [0.1, 0.15) is 5.15 Å². The van der Waals surface area contributed by atoms with Gasteiger partial charge in [0.15, 0.2) is 5.76 Å². The second kappa shape index (κ2) is 3.18. The molecule has 4 heteroatoms. The number of aryl methyl sites for hydroxylation is 1. The van der Waals surface area contributed by atoms with Crippen molar-refractivity contribution in [1.29, 1.82) is 0 Å². The van der Waals surface area contributed by atoms with Crippen LogP contribution in [-0.2, 0) is 0 Å². The number of aromatic nitrogens is 2. The van der Waals surface area contributed by atoms with Crippen LogP contribution in [0.3, 0.4) is 0 Å². The Morgan fingerprint density at radius 1 is 1.46 bits per heavy atom. The van der Waals surface area contributed by atoms with Crippen molar-refractivity contribution < 1.29 is 4.52 Å². The van der Waals surface area contributed by atoms with Gasteiger partial charge in [-0.25, -0.2) is 4.98 Å². The van der Waals surface area contributed by atoms with Crippen molar-refractivity contribution in [3.63, 3.8) is 0 Å². The van der Waals surface area contributed by atoms with Crippen molar-refractivity contribution in [3.8, 4) is 11.3 Å². The van der Waals surface area contributed by atoms with Crippen LogP contribution < -0.4 is 0 Å². The highest BCUT2D eigenvalue weighted by molar-refractivity contribution is 6.31. The third kappa shape index (κ3) is 1.55. The lowest BCUT2D eigenvalue weighted by molar-refractivity contribution is 0.427. The minimum Gasteiger partial charge on any atom is -0.356 e. The highest BCUT2D eigenvalue weighted by Gasteiger charge is 2.08. The van der Waals surface area contributed by atoms with Crippen molar-refractivity contribution in [1.82, 2.24) is 10.1 Å². The van der Waals surface area contributed by atoms with Crippen molar-refractivity contribution in [2.24, 2.45) is 0 Å². The molecule has 0 aromatic carbocycles. The number of halogens is 1. The molecule has 2 aromatic heterocycles. The minimum absolute atomic E-state index is 0.429. The molecule has 0 saturated heterocycles. The second-order valence-electron chi connectivity index (χ2n) is 2.67. The average Bonchev–Trinajstić information content (AvgIpc) is 2.53. The zero-order chi connectivity index (χ0) is 9.26. The van der Waals surface area contributed by atoms with Crippen molar-refractivity contribution in [3.05, 3.63) is 35.2 Å². The Hall–Kier alpha value is -1.35. The van der Waals surface area contributed by atoms with Crippen LogP contribution in [0.4, 0.5) is 0 Å². The maximum absolute atomic E-state index is 5.87. The van der Waals surface area contributed by atoms with Crippen LogP contribution in [0.1, 0.15) is 5.69 Å². The zero-order valence-corrected chi connectivity index (χ0v) is 7.75. The number of hydrogen-bond donors (Lipinski definition) is 0. The molecule has 3 nitrogen and oxygen atoms in total. The van der Waals surface area contributed by atoms with Gasteiger partial charge in [0, 0.05) is 12.3 Å². The minimum atomic E-state index is 0.429. The number of nitrogens with zero attached hydrogens (tertiary/aromatic N) is 2. The summed E-state index contributed by atoms with van der Waals surface area (Å²) in [6.45, 7) is 1.86. The molecule has 0 radical (unpaired) electrons. The normalized spacial score (nSPS) is 10.3. The monoisotopic (exact) mass is 194 g/mol. The fourth-order valence-corrected chi connectivity index (χ4v) is 1.27. The molecule has 66 valence electrons. The van der Waals surface area contributed by atoms with E-state index in [1.165, 1.54) is 0 Å². The van der Waals surface area contributed by atoms with Gasteiger partial charge >= 0.3 is 0 Å². The maximum Gasteiger partial charge on any atom is 0.170 e. The predicted octanol–water partition coefficient (Wildman–Crippen LogP) is 2.70. The summed E-state index contributed by atoms with van der Waals surface area (Å²) < 4.78 is 5.06. The molecular weight excluding hydrogens is 188 g/mol. The van der Waals surface area contributed by atoms with Crippen LogP contribution in [0.15, 0.2) is 28.9 Å². The summed E-state index contributed by atoms with van der Waals surface area (Å²) in [5, 5.41) is 4.20. The largest absolute Gasteiger partial charge is 0.356 e. The van der Waals surface area contributed by atoms with Gasteiger partial charge in [-0.1, -0.05) is 16.8 Å². The van der Waals surface area contributed by atoms with Crippen molar-refractivity contribution in [2.75, 3.05) is 0 Å². The molecule has 2 rings (SSSR count). The number of pyridine rings is 1. The van der Waals surface area contributed by atoms with Crippen molar-refractivity contribution in [2.45, 2.75) is 6.92 Å². The summed E-state index contributed by atoms with van der Waals surface area (Å²) in [6, 6.07) is 5.47. The molecule has 0 amide bonds. The quantitative estimate of drug-likeness (QED) is 0.656. The first-order chi connectivity index (χ1) is 6.27. The summed E-state index contributed by atoms with van der Waals surface area (Å²) in [7, 11) is 0. The van der Waals surface area contributed by atoms with E-state index in [9.17, 15) is 0 Å². The van der Waals surface area contributed by atoms with Crippen LogP contribution in [0.2, 0.25) is 5.15 Å². The lowest BCUT2D eigenvalue weighted by Gasteiger charge is -1.95. The Kier molecular flexibility index (Phi) is 2.02. The summed E-state index contributed by atoms with van der Waals surface area (Å²) >= 11 is 5.87. The average molecular weight is 195 g/mol. The summed E-state index contributed by atoms with van der Waals surface area (Å²) in [6.07, 6.45) is 1.63. The molecule has 0 spiro atoms. The van der Waals surface area contributed by atoms with E-state index < -0.39 is 0 Å². The fourth-order valence-electron chi connectivity index (χ4n) is 1.06. The molecule has 13 heavy (non-hydrogen) atoms. The third-order valence-corrected chi connectivity index (χ3v) is 1.95. The van der Waals surface area contributed by atoms with Gasteiger partial charge in [0.05, 0.1) is 11.3 Å². The molecule has 2 heterocycles. The lowest BCUT2D eigenvalue weighted by atomic mass is 10.2. The molecule has 0 fully saturated rings. The smallest absolute Gasteiger partial charge is 0.170 e. The Bertz CT molecular complexity index is 425. The van der Waals surface area contributed by atoms with Gasteiger partial charge in [0.25, 0.3) is 0 Å². The van der Waals surface area contributed by atoms with Gasteiger partial charge in [-0.2, -0.15) is 0 Å². The van der Waals surface area contributed by atoms with Crippen LogP contribution >= 0.6 is 11.6 Å². The third-order valence-electron chi connectivity index (χ3n) is 1.65. The van der Waals surface area contributed by atoms with Crippen LogP contribution in [0.5, 0.6) is 0 Å². The van der Waals surface area contributed by atoms with E-state index in [4.69, 9.17) is 16.1 Å². The molecule has 0 aliphatic heterocycles. The van der Waals surface area contributed by atoms with Gasteiger partial charge in [0.2, 0.25) is 0 Å². The van der Waals surface area contributed by atoms with E-state index >= 15 is 0 Å². The molecule has 0 atom stereocenters. The first-order valence-electron chi connectivity index (χ1n) is 3.81. The Morgan fingerprint density at radius 3 is 2.92 bits per heavy atom. The molecule has 0 aliphatic rings. The Labute approximate surface area is 80.3 Å². The van der Waals surface area contributed by atoms with E-state index in [0.29, 0.717) is 10.9 Å². The predicted molar refractivity (Wildman–Crippen MR) is 49.5 cm³/mol. The first kappa shape index (κ1) is 8.26. The zero-order valence-electron chi connectivity index (χ0n) is 6.99. The number of hydrogen-bond acceptors (Lipinski definition) is 3. The summed E-state index contributed by atoms with van der Waals surface area (Å²) in [4.78, 5) is 3.94. The van der Waals surface area contributed by atoms with Crippen LogP contribution in [0, 0.1) is 6.92 Å². The van der Waals surface area contributed by atoms with Gasteiger partial charge in [-0.3, -0.25) is 0 Å². The molecule has 0 N–H and O–H groups in total. The first-order valence-corrected chi connectivity index (χ1v) is 4.19. The lowest BCUT2D eigenvalue weighted by Crippen LogP contribution is -1.79. The van der Waals surface area contributed by atoms with E-state index in [2.05, 4.69) is 10.1 Å².